The molecule has 0 saturated heterocycles. The molecule has 3 rings (SSSR count). The van der Waals surface area contributed by atoms with Gasteiger partial charge in [-0.15, -0.1) is 16.4 Å². The van der Waals surface area contributed by atoms with Crippen molar-refractivity contribution < 1.29 is 9.90 Å². The van der Waals surface area contributed by atoms with E-state index in [0.717, 1.165) is 10.6 Å². The van der Waals surface area contributed by atoms with Gasteiger partial charge in [-0.25, -0.2) is 0 Å². The largest absolute Gasteiger partial charge is 0.383 e. The number of rotatable bonds is 5. The second-order valence-electron chi connectivity index (χ2n) is 5.29. The molecule has 118 valence electrons. The number of hydrogen-bond acceptors (Lipinski definition) is 5. The number of hydrogen-bond donors (Lipinski definition) is 2. The molecule has 0 bridgehead atoms. The zero-order valence-corrected chi connectivity index (χ0v) is 13.3. The molecule has 7 heteroatoms. The minimum atomic E-state index is -1.11. The Morgan fingerprint density at radius 1 is 1.30 bits per heavy atom. The second kappa shape index (κ2) is 6.31. The van der Waals surface area contributed by atoms with Gasteiger partial charge in [-0.3, -0.25) is 4.79 Å². The van der Waals surface area contributed by atoms with Gasteiger partial charge in [0, 0.05) is 4.88 Å². The highest BCUT2D eigenvalue weighted by atomic mass is 32.1. The summed E-state index contributed by atoms with van der Waals surface area (Å²) in [5.74, 6) is -0.371. The van der Waals surface area contributed by atoms with Crippen molar-refractivity contribution in [3.8, 4) is 5.69 Å². The fourth-order valence-electron chi connectivity index (χ4n) is 2.07. The van der Waals surface area contributed by atoms with Crippen LogP contribution in [0.2, 0.25) is 0 Å². The highest BCUT2D eigenvalue weighted by Gasteiger charge is 2.25. The molecule has 6 nitrogen and oxygen atoms in total. The Bertz CT molecular complexity index is 782. The van der Waals surface area contributed by atoms with Gasteiger partial charge in [0.15, 0.2) is 5.69 Å². The number of carbonyl (C=O) groups excluding carboxylic acids is 1. The molecular weight excluding hydrogens is 312 g/mol. The van der Waals surface area contributed by atoms with E-state index in [2.05, 4.69) is 15.5 Å². The first-order chi connectivity index (χ1) is 11.1. The van der Waals surface area contributed by atoms with E-state index in [1.165, 1.54) is 22.3 Å². The second-order valence-corrected chi connectivity index (χ2v) is 6.24. The minimum Gasteiger partial charge on any atom is -0.383 e. The fourth-order valence-corrected chi connectivity index (χ4v) is 2.85. The van der Waals surface area contributed by atoms with Gasteiger partial charge in [0.2, 0.25) is 0 Å². The molecule has 3 aromatic rings. The summed E-state index contributed by atoms with van der Waals surface area (Å²) in [7, 11) is 0. The summed E-state index contributed by atoms with van der Waals surface area (Å²) >= 11 is 1.45. The molecule has 0 radical (unpaired) electrons. The maximum Gasteiger partial charge on any atom is 0.273 e. The van der Waals surface area contributed by atoms with Gasteiger partial charge in [-0.1, -0.05) is 24.3 Å². The summed E-state index contributed by atoms with van der Waals surface area (Å²) in [5, 5.41) is 23.2. The molecular formula is C16H16N4O2S. The number of nitrogens with zero attached hydrogens (tertiary/aromatic N) is 3. The van der Waals surface area contributed by atoms with E-state index in [-0.39, 0.29) is 18.1 Å². The summed E-state index contributed by atoms with van der Waals surface area (Å²) in [4.78, 5) is 14.4. The van der Waals surface area contributed by atoms with Gasteiger partial charge in [0.25, 0.3) is 5.91 Å². The molecule has 1 amide bonds. The molecule has 1 unspecified atom stereocenters. The Labute approximate surface area is 137 Å². The molecule has 1 atom stereocenters. The Kier molecular flexibility index (Phi) is 4.22. The molecule has 2 N–H and O–H groups in total. The third-order valence-corrected chi connectivity index (χ3v) is 4.48. The lowest BCUT2D eigenvalue weighted by Crippen LogP contribution is -2.38. The maximum atomic E-state index is 12.2. The third-order valence-electron chi connectivity index (χ3n) is 3.36. The van der Waals surface area contributed by atoms with E-state index in [0.29, 0.717) is 0 Å². The maximum absolute atomic E-state index is 12.2. The number of para-hydroxylation sites is 1. The predicted octanol–water partition coefficient (Wildman–Crippen LogP) is 1.97. The molecule has 0 fully saturated rings. The van der Waals surface area contributed by atoms with Crippen molar-refractivity contribution in [2.75, 3.05) is 6.54 Å². The lowest BCUT2D eigenvalue weighted by atomic mass is 10.1. The van der Waals surface area contributed by atoms with Crippen LogP contribution in [0, 0.1) is 0 Å². The zero-order valence-electron chi connectivity index (χ0n) is 12.5. The van der Waals surface area contributed by atoms with Crippen LogP contribution in [0.1, 0.15) is 22.3 Å². The van der Waals surface area contributed by atoms with Gasteiger partial charge in [0.05, 0.1) is 18.4 Å². The number of aromatic nitrogens is 3. The van der Waals surface area contributed by atoms with E-state index >= 15 is 0 Å². The van der Waals surface area contributed by atoms with Crippen LogP contribution in [-0.2, 0) is 5.60 Å². The van der Waals surface area contributed by atoms with E-state index in [1.807, 2.05) is 47.8 Å². The molecule has 0 spiro atoms. The Balaban J connectivity index is 1.66. The summed E-state index contributed by atoms with van der Waals surface area (Å²) < 4.78 is 0. The number of amides is 1. The van der Waals surface area contributed by atoms with Crippen molar-refractivity contribution in [2.45, 2.75) is 12.5 Å². The molecule has 23 heavy (non-hydrogen) atoms. The first-order valence-electron chi connectivity index (χ1n) is 7.08. The number of carbonyl (C=O) groups is 1. The van der Waals surface area contributed by atoms with E-state index in [1.54, 1.807) is 6.92 Å². The molecule has 0 aliphatic carbocycles. The van der Waals surface area contributed by atoms with Crippen LogP contribution in [0.15, 0.2) is 54.0 Å². The molecule has 0 aliphatic rings. The Morgan fingerprint density at radius 3 is 2.78 bits per heavy atom. The summed E-state index contributed by atoms with van der Waals surface area (Å²) in [6, 6.07) is 13.0. The highest BCUT2D eigenvalue weighted by molar-refractivity contribution is 7.10. The van der Waals surface area contributed by atoms with Crippen LogP contribution in [0.3, 0.4) is 0 Å². The third kappa shape index (κ3) is 3.46. The molecule has 1 aromatic carbocycles. The highest BCUT2D eigenvalue weighted by Crippen LogP contribution is 2.24. The van der Waals surface area contributed by atoms with Crippen LogP contribution in [0.4, 0.5) is 0 Å². The van der Waals surface area contributed by atoms with Crippen molar-refractivity contribution in [3.63, 3.8) is 0 Å². The number of nitrogens with one attached hydrogen (secondary N) is 1. The minimum absolute atomic E-state index is 0.102. The summed E-state index contributed by atoms with van der Waals surface area (Å²) in [6.07, 6.45) is 1.40. The number of benzene rings is 1. The van der Waals surface area contributed by atoms with Crippen molar-refractivity contribution in [3.05, 3.63) is 64.6 Å². The Morgan fingerprint density at radius 2 is 2.09 bits per heavy atom. The normalized spacial score (nSPS) is 13.5. The van der Waals surface area contributed by atoms with Gasteiger partial charge in [-0.05, 0) is 30.5 Å². The first kappa shape index (κ1) is 15.4. The lowest BCUT2D eigenvalue weighted by molar-refractivity contribution is 0.0555. The smallest absolute Gasteiger partial charge is 0.273 e. The molecule has 2 aromatic heterocycles. The molecule has 0 saturated carbocycles. The van der Waals surface area contributed by atoms with Gasteiger partial charge >= 0.3 is 0 Å². The van der Waals surface area contributed by atoms with Gasteiger partial charge in [0.1, 0.15) is 5.60 Å². The SMILES string of the molecule is CC(O)(CNC(=O)c1cnn(-c2ccccc2)n1)c1cccs1. The average Bonchev–Trinajstić information content (AvgIpc) is 3.25. The topological polar surface area (TPSA) is 80.0 Å². The summed E-state index contributed by atoms with van der Waals surface area (Å²) in [5.41, 5.74) is -0.132. The quantitative estimate of drug-likeness (QED) is 0.750. The van der Waals surface area contributed by atoms with E-state index < -0.39 is 5.60 Å². The number of thiophene rings is 1. The number of aliphatic hydroxyl groups is 1. The van der Waals surface area contributed by atoms with Crippen molar-refractivity contribution in [2.24, 2.45) is 0 Å². The average molecular weight is 328 g/mol. The van der Waals surface area contributed by atoms with Crippen LogP contribution in [0.5, 0.6) is 0 Å². The first-order valence-corrected chi connectivity index (χ1v) is 7.96. The van der Waals surface area contributed by atoms with Crippen LogP contribution >= 0.6 is 11.3 Å². The van der Waals surface area contributed by atoms with Crippen molar-refractivity contribution >= 4 is 17.2 Å². The van der Waals surface area contributed by atoms with Crippen molar-refractivity contribution in [1.29, 1.82) is 0 Å². The van der Waals surface area contributed by atoms with E-state index in [4.69, 9.17) is 0 Å². The summed E-state index contributed by atoms with van der Waals surface area (Å²) in [6.45, 7) is 1.77. The standard InChI is InChI=1S/C16H16N4O2S/c1-16(22,14-8-5-9-23-14)11-17-15(21)13-10-18-20(19-13)12-6-3-2-4-7-12/h2-10,22H,11H2,1H3,(H,17,21). The Hall–Kier alpha value is -2.51. The van der Waals surface area contributed by atoms with Crippen molar-refractivity contribution in [1.82, 2.24) is 20.3 Å². The fraction of sp³-hybridized carbons (Fsp3) is 0.188. The monoisotopic (exact) mass is 328 g/mol. The van der Waals surface area contributed by atoms with Crippen LogP contribution < -0.4 is 5.32 Å². The van der Waals surface area contributed by atoms with Crippen LogP contribution in [0.25, 0.3) is 5.69 Å². The lowest BCUT2D eigenvalue weighted by Gasteiger charge is -2.21. The predicted molar refractivity (Wildman–Crippen MR) is 87.6 cm³/mol. The van der Waals surface area contributed by atoms with Crippen LogP contribution in [-0.4, -0.2) is 32.6 Å². The van der Waals surface area contributed by atoms with E-state index in [9.17, 15) is 9.90 Å². The zero-order chi connectivity index (χ0) is 16.3. The molecule has 0 aliphatic heterocycles. The van der Waals surface area contributed by atoms with Gasteiger partial charge < -0.3 is 10.4 Å². The van der Waals surface area contributed by atoms with Gasteiger partial charge in [-0.2, -0.15) is 9.90 Å². The molecule has 2 heterocycles.